The van der Waals surface area contributed by atoms with Gasteiger partial charge in [0.2, 0.25) is 5.91 Å². The van der Waals surface area contributed by atoms with Gasteiger partial charge in [-0.05, 0) is 18.9 Å². The third kappa shape index (κ3) is 3.11. The summed E-state index contributed by atoms with van der Waals surface area (Å²) in [5, 5.41) is 20.0. The van der Waals surface area contributed by atoms with Gasteiger partial charge in [0.15, 0.2) is 5.56 Å². The topological polar surface area (TPSA) is 96.5 Å². The molecule has 1 heterocycles. The highest BCUT2D eigenvalue weighted by Gasteiger charge is 2.27. The molecule has 0 aromatic heterocycles. The second-order valence-electron chi connectivity index (χ2n) is 4.84. The van der Waals surface area contributed by atoms with Crippen LogP contribution in [-0.2, 0) is 4.79 Å². The van der Waals surface area contributed by atoms with E-state index in [0.29, 0.717) is 6.54 Å². The molecule has 0 N–H and O–H groups in total. The van der Waals surface area contributed by atoms with Gasteiger partial charge < -0.3 is 9.64 Å². The molecule has 0 spiro atoms. The maximum atomic E-state index is 11.5. The van der Waals surface area contributed by atoms with E-state index in [1.165, 1.54) is 25.1 Å². The molecule has 0 aliphatic carbocycles. The van der Waals surface area contributed by atoms with E-state index in [4.69, 9.17) is 10.00 Å². The lowest BCUT2D eigenvalue weighted by Crippen LogP contribution is -2.37. The van der Waals surface area contributed by atoms with Crippen LogP contribution in [0.1, 0.15) is 25.3 Å². The third-order valence-corrected chi connectivity index (χ3v) is 3.53. The predicted octanol–water partition coefficient (Wildman–Crippen LogP) is 1.86. The first-order valence-corrected chi connectivity index (χ1v) is 6.62. The van der Waals surface area contributed by atoms with Crippen molar-refractivity contribution < 1.29 is 14.5 Å². The van der Waals surface area contributed by atoms with Gasteiger partial charge in [-0.25, -0.2) is 0 Å². The molecule has 1 atom stereocenters. The van der Waals surface area contributed by atoms with E-state index in [1.807, 2.05) is 6.07 Å². The van der Waals surface area contributed by atoms with E-state index >= 15 is 0 Å². The molecule has 1 aliphatic heterocycles. The van der Waals surface area contributed by atoms with Gasteiger partial charge in [0.25, 0.3) is 5.69 Å². The van der Waals surface area contributed by atoms with Gasteiger partial charge in [-0.1, -0.05) is 6.07 Å². The fourth-order valence-corrected chi connectivity index (χ4v) is 2.51. The number of amides is 1. The van der Waals surface area contributed by atoms with Crippen LogP contribution in [-0.4, -0.2) is 34.9 Å². The molecule has 2 rings (SSSR count). The molecule has 7 heteroatoms. The molecular formula is C14H15N3O4. The Morgan fingerprint density at radius 1 is 1.62 bits per heavy atom. The highest BCUT2D eigenvalue weighted by atomic mass is 16.6. The second-order valence-corrected chi connectivity index (χ2v) is 4.84. The van der Waals surface area contributed by atoms with Crippen molar-refractivity contribution in [3.63, 3.8) is 0 Å². The number of nitriles is 1. The monoisotopic (exact) mass is 289 g/mol. The average Bonchev–Trinajstić information content (AvgIpc) is 2.93. The molecule has 1 amide bonds. The maximum absolute atomic E-state index is 11.5. The van der Waals surface area contributed by atoms with Crippen LogP contribution in [0.15, 0.2) is 18.2 Å². The summed E-state index contributed by atoms with van der Waals surface area (Å²) in [4.78, 5) is 23.5. The number of likely N-dealkylation sites (tertiary alicyclic amines) is 1. The van der Waals surface area contributed by atoms with Gasteiger partial charge in [0, 0.05) is 19.5 Å². The zero-order valence-corrected chi connectivity index (χ0v) is 11.6. The highest BCUT2D eigenvalue weighted by Crippen LogP contribution is 2.28. The van der Waals surface area contributed by atoms with E-state index in [9.17, 15) is 14.9 Å². The van der Waals surface area contributed by atoms with Crippen LogP contribution in [0.5, 0.6) is 5.75 Å². The predicted molar refractivity (Wildman–Crippen MR) is 73.7 cm³/mol. The largest absolute Gasteiger partial charge is 0.490 e. The van der Waals surface area contributed by atoms with Gasteiger partial charge in [0.05, 0.1) is 11.0 Å². The Morgan fingerprint density at radius 2 is 2.38 bits per heavy atom. The normalized spacial score (nSPS) is 17.3. The third-order valence-electron chi connectivity index (χ3n) is 3.53. The smallest absolute Gasteiger partial charge is 0.290 e. The molecular weight excluding hydrogens is 274 g/mol. The van der Waals surface area contributed by atoms with E-state index in [-0.39, 0.29) is 35.6 Å². The van der Waals surface area contributed by atoms with Crippen LogP contribution in [0.3, 0.4) is 0 Å². The van der Waals surface area contributed by atoms with Crippen LogP contribution in [0, 0.1) is 21.4 Å². The number of rotatable bonds is 4. The molecule has 7 nitrogen and oxygen atoms in total. The van der Waals surface area contributed by atoms with Crippen molar-refractivity contribution in [2.24, 2.45) is 0 Å². The van der Waals surface area contributed by atoms with Crippen molar-refractivity contribution in [3.05, 3.63) is 33.9 Å². The molecule has 0 unspecified atom stereocenters. The fourth-order valence-electron chi connectivity index (χ4n) is 2.51. The molecule has 110 valence electrons. The van der Waals surface area contributed by atoms with Crippen molar-refractivity contribution in [1.29, 1.82) is 5.26 Å². The van der Waals surface area contributed by atoms with Gasteiger partial charge in [-0.15, -0.1) is 0 Å². The SMILES string of the molecule is CC(=O)N1CCC[C@@H]1COc1cccc([N+](=O)[O-])c1C#N. The number of nitro groups is 1. The molecule has 1 fully saturated rings. The van der Waals surface area contributed by atoms with Crippen molar-refractivity contribution in [2.45, 2.75) is 25.8 Å². The van der Waals surface area contributed by atoms with Gasteiger partial charge in [-0.3, -0.25) is 14.9 Å². The Hall–Kier alpha value is -2.62. The van der Waals surface area contributed by atoms with Crippen molar-refractivity contribution in [2.75, 3.05) is 13.2 Å². The second kappa shape index (κ2) is 6.22. The first-order chi connectivity index (χ1) is 10.0. The number of nitrogens with zero attached hydrogens (tertiary/aromatic N) is 3. The number of nitro benzene ring substituents is 1. The van der Waals surface area contributed by atoms with Crippen LogP contribution < -0.4 is 4.74 Å². The highest BCUT2D eigenvalue weighted by molar-refractivity contribution is 5.73. The quantitative estimate of drug-likeness (QED) is 0.622. The number of carbonyl (C=O) groups is 1. The Labute approximate surface area is 121 Å². The summed E-state index contributed by atoms with van der Waals surface area (Å²) in [7, 11) is 0. The summed E-state index contributed by atoms with van der Waals surface area (Å²) >= 11 is 0. The van der Waals surface area contributed by atoms with E-state index in [2.05, 4.69) is 0 Å². The Balaban J connectivity index is 2.14. The van der Waals surface area contributed by atoms with Crippen molar-refractivity contribution >= 4 is 11.6 Å². The lowest BCUT2D eigenvalue weighted by Gasteiger charge is -2.23. The molecule has 1 aromatic carbocycles. The summed E-state index contributed by atoms with van der Waals surface area (Å²) in [5.74, 6) is 0.169. The number of benzene rings is 1. The molecule has 0 radical (unpaired) electrons. The molecule has 0 saturated carbocycles. The Morgan fingerprint density at radius 3 is 3.00 bits per heavy atom. The lowest BCUT2D eigenvalue weighted by molar-refractivity contribution is -0.385. The first-order valence-electron chi connectivity index (χ1n) is 6.62. The Bertz CT molecular complexity index is 609. The summed E-state index contributed by atoms with van der Waals surface area (Å²) in [6.07, 6.45) is 1.74. The zero-order chi connectivity index (χ0) is 15.4. The van der Waals surface area contributed by atoms with Gasteiger partial charge in [0.1, 0.15) is 18.4 Å². The number of carbonyl (C=O) groups excluding carboxylic acids is 1. The summed E-state index contributed by atoms with van der Waals surface area (Å²) in [6.45, 7) is 2.44. The summed E-state index contributed by atoms with van der Waals surface area (Å²) in [5.41, 5.74) is -0.361. The number of hydrogen-bond donors (Lipinski definition) is 0. The minimum atomic E-state index is -0.608. The van der Waals surface area contributed by atoms with E-state index < -0.39 is 4.92 Å². The number of ether oxygens (including phenoxy) is 1. The van der Waals surface area contributed by atoms with Gasteiger partial charge >= 0.3 is 0 Å². The van der Waals surface area contributed by atoms with Crippen LogP contribution in [0.2, 0.25) is 0 Å². The summed E-state index contributed by atoms with van der Waals surface area (Å²) < 4.78 is 5.56. The van der Waals surface area contributed by atoms with E-state index in [1.54, 1.807) is 4.90 Å². The molecule has 21 heavy (non-hydrogen) atoms. The number of hydrogen-bond acceptors (Lipinski definition) is 5. The minimum absolute atomic E-state index is 0.0133. The molecule has 1 aromatic rings. The Kier molecular flexibility index (Phi) is 4.38. The molecule has 0 bridgehead atoms. The van der Waals surface area contributed by atoms with Crippen LogP contribution >= 0.6 is 0 Å². The van der Waals surface area contributed by atoms with Gasteiger partial charge in [-0.2, -0.15) is 5.26 Å². The zero-order valence-electron chi connectivity index (χ0n) is 11.6. The lowest BCUT2D eigenvalue weighted by atomic mass is 10.1. The van der Waals surface area contributed by atoms with Crippen molar-refractivity contribution in [3.8, 4) is 11.8 Å². The van der Waals surface area contributed by atoms with Crippen LogP contribution in [0.25, 0.3) is 0 Å². The summed E-state index contributed by atoms with van der Waals surface area (Å²) in [6, 6.07) is 6.03. The standard InChI is InChI=1S/C14H15N3O4/c1-10(18)16-7-3-4-11(16)9-21-14-6-2-5-13(17(19)20)12(14)8-15/h2,5-6,11H,3-4,7,9H2,1H3/t11-/m1/s1. The van der Waals surface area contributed by atoms with Crippen LogP contribution in [0.4, 0.5) is 5.69 Å². The first kappa shape index (κ1) is 14.8. The molecule has 1 aliphatic rings. The van der Waals surface area contributed by atoms with Crippen molar-refractivity contribution in [1.82, 2.24) is 4.90 Å². The van der Waals surface area contributed by atoms with E-state index in [0.717, 1.165) is 12.8 Å². The molecule has 1 saturated heterocycles. The minimum Gasteiger partial charge on any atom is -0.490 e. The fraction of sp³-hybridized carbons (Fsp3) is 0.429. The maximum Gasteiger partial charge on any atom is 0.290 e. The average molecular weight is 289 g/mol.